The van der Waals surface area contributed by atoms with Gasteiger partial charge >= 0.3 is 0 Å². The summed E-state index contributed by atoms with van der Waals surface area (Å²) < 4.78 is 7.41. The van der Waals surface area contributed by atoms with Gasteiger partial charge in [0.25, 0.3) is 0 Å². The van der Waals surface area contributed by atoms with Crippen LogP contribution in [-0.2, 0) is 0 Å². The Morgan fingerprint density at radius 2 is 2.13 bits per heavy atom. The Bertz CT molecular complexity index is 844. The fourth-order valence-electron chi connectivity index (χ4n) is 3.35. The summed E-state index contributed by atoms with van der Waals surface area (Å²) in [6.07, 6.45) is 2.79. The number of benzene rings is 1. The van der Waals surface area contributed by atoms with Gasteiger partial charge in [0.05, 0.1) is 7.11 Å². The third-order valence-electron chi connectivity index (χ3n) is 4.55. The molecule has 1 saturated heterocycles. The summed E-state index contributed by atoms with van der Waals surface area (Å²) in [5.41, 5.74) is 2.12. The van der Waals surface area contributed by atoms with Crippen LogP contribution in [0.5, 0.6) is 5.75 Å². The van der Waals surface area contributed by atoms with E-state index in [1.807, 2.05) is 29.5 Å². The molecule has 1 aromatic carbocycles. The van der Waals surface area contributed by atoms with E-state index in [4.69, 9.17) is 9.72 Å². The molecule has 0 radical (unpaired) electrons. The first-order chi connectivity index (χ1) is 11.3. The standard InChI is InChI=1S/C17H19N5O/c1-12-19-16(9-17-20-18-11-22(12)17)21-8-7-13(10-21)14-5-3-4-6-15(14)23-2/h3-6,9,11,13H,7-8,10H2,1-2H3/t13-/m0/s1. The van der Waals surface area contributed by atoms with E-state index in [9.17, 15) is 0 Å². The zero-order valence-corrected chi connectivity index (χ0v) is 13.3. The van der Waals surface area contributed by atoms with Gasteiger partial charge in [0, 0.05) is 25.1 Å². The molecule has 118 valence electrons. The predicted octanol–water partition coefficient (Wildman–Crippen LogP) is 2.44. The molecule has 3 heterocycles. The molecule has 0 bridgehead atoms. The lowest BCUT2D eigenvalue weighted by Crippen LogP contribution is -2.21. The maximum absolute atomic E-state index is 5.51. The van der Waals surface area contributed by atoms with Crippen LogP contribution in [0.15, 0.2) is 36.7 Å². The van der Waals surface area contributed by atoms with Crippen LogP contribution in [-0.4, -0.2) is 39.8 Å². The van der Waals surface area contributed by atoms with Gasteiger partial charge in [-0.3, -0.25) is 4.40 Å². The van der Waals surface area contributed by atoms with E-state index in [0.717, 1.165) is 42.5 Å². The van der Waals surface area contributed by atoms with E-state index in [-0.39, 0.29) is 0 Å². The second-order valence-electron chi connectivity index (χ2n) is 5.89. The van der Waals surface area contributed by atoms with Gasteiger partial charge in [-0.2, -0.15) is 0 Å². The van der Waals surface area contributed by atoms with Gasteiger partial charge in [0.15, 0.2) is 5.65 Å². The summed E-state index contributed by atoms with van der Waals surface area (Å²) in [7, 11) is 1.73. The van der Waals surface area contributed by atoms with Crippen LogP contribution < -0.4 is 9.64 Å². The molecule has 2 aromatic heterocycles. The van der Waals surface area contributed by atoms with E-state index in [0.29, 0.717) is 5.92 Å². The van der Waals surface area contributed by atoms with Gasteiger partial charge in [0.2, 0.25) is 0 Å². The Labute approximate surface area is 134 Å². The van der Waals surface area contributed by atoms with Crippen LogP contribution in [0.2, 0.25) is 0 Å². The third-order valence-corrected chi connectivity index (χ3v) is 4.55. The summed E-state index contributed by atoms with van der Waals surface area (Å²) in [4.78, 5) is 7.02. The monoisotopic (exact) mass is 309 g/mol. The lowest BCUT2D eigenvalue weighted by Gasteiger charge is -2.19. The number of para-hydroxylation sites is 1. The van der Waals surface area contributed by atoms with Crippen molar-refractivity contribution in [3.63, 3.8) is 0 Å². The van der Waals surface area contributed by atoms with Crippen LogP contribution in [0.1, 0.15) is 23.7 Å². The van der Waals surface area contributed by atoms with Crippen LogP contribution in [0, 0.1) is 6.92 Å². The number of rotatable bonds is 3. The topological polar surface area (TPSA) is 55.5 Å². The molecule has 3 aromatic rings. The molecular weight excluding hydrogens is 290 g/mol. The number of methoxy groups -OCH3 is 1. The fourth-order valence-corrected chi connectivity index (χ4v) is 3.35. The number of aromatic nitrogens is 4. The molecule has 6 heteroatoms. The summed E-state index contributed by atoms with van der Waals surface area (Å²) in [5, 5.41) is 8.10. The zero-order chi connectivity index (χ0) is 15.8. The summed E-state index contributed by atoms with van der Waals surface area (Å²) in [6, 6.07) is 10.3. The van der Waals surface area contributed by atoms with Gasteiger partial charge < -0.3 is 9.64 Å². The van der Waals surface area contributed by atoms with Gasteiger partial charge in [-0.25, -0.2) is 4.98 Å². The molecule has 1 fully saturated rings. The molecule has 4 rings (SSSR count). The average Bonchev–Trinajstić information content (AvgIpc) is 3.24. The van der Waals surface area contributed by atoms with Gasteiger partial charge in [0.1, 0.15) is 23.7 Å². The summed E-state index contributed by atoms with van der Waals surface area (Å²) in [5.74, 6) is 3.31. The van der Waals surface area contributed by atoms with E-state index in [1.54, 1.807) is 13.4 Å². The normalized spacial score (nSPS) is 17.8. The molecule has 0 saturated carbocycles. The molecule has 0 unspecified atom stereocenters. The van der Waals surface area contributed by atoms with Crippen molar-refractivity contribution < 1.29 is 4.74 Å². The van der Waals surface area contributed by atoms with Crippen LogP contribution in [0.3, 0.4) is 0 Å². The molecule has 23 heavy (non-hydrogen) atoms. The summed E-state index contributed by atoms with van der Waals surface area (Å²) >= 11 is 0. The Morgan fingerprint density at radius 1 is 1.26 bits per heavy atom. The number of fused-ring (bicyclic) bond motifs is 1. The van der Waals surface area contributed by atoms with E-state index in [1.165, 1.54) is 5.56 Å². The van der Waals surface area contributed by atoms with Gasteiger partial charge in [-0.15, -0.1) is 10.2 Å². The second kappa shape index (κ2) is 5.53. The minimum absolute atomic E-state index is 0.461. The molecular formula is C17H19N5O. The largest absolute Gasteiger partial charge is 0.496 e. The highest BCUT2D eigenvalue weighted by Crippen LogP contribution is 2.35. The number of anilines is 1. The Hall–Kier alpha value is -2.63. The first kappa shape index (κ1) is 14.0. The SMILES string of the molecule is COc1ccccc1[C@H]1CCN(c2cc3nncn3c(C)n2)C1. The molecule has 6 nitrogen and oxygen atoms in total. The maximum atomic E-state index is 5.51. The first-order valence-corrected chi connectivity index (χ1v) is 7.81. The van der Waals surface area contributed by atoms with Crippen molar-refractivity contribution in [1.29, 1.82) is 0 Å². The van der Waals surface area contributed by atoms with E-state index in [2.05, 4.69) is 27.2 Å². The van der Waals surface area contributed by atoms with Crippen LogP contribution >= 0.6 is 0 Å². The van der Waals surface area contributed by atoms with Crippen molar-refractivity contribution in [3.8, 4) is 5.75 Å². The maximum Gasteiger partial charge on any atom is 0.165 e. The Kier molecular flexibility index (Phi) is 3.37. The Balaban J connectivity index is 1.62. The summed E-state index contributed by atoms with van der Waals surface area (Å²) in [6.45, 7) is 3.91. The highest BCUT2D eigenvalue weighted by atomic mass is 16.5. The van der Waals surface area contributed by atoms with Crippen molar-refractivity contribution in [1.82, 2.24) is 19.6 Å². The number of hydrogen-bond donors (Lipinski definition) is 0. The molecule has 0 spiro atoms. The average molecular weight is 309 g/mol. The number of nitrogens with zero attached hydrogens (tertiary/aromatic N) is 5. The highest BCUT2D eigenvalue weighted by Gasteiger charge is 2.27. The second-order valence-corrected chi connectivity index (χ2v) is 5.89. The van der Waals surface area contributed by atoms with E-state index < -0.39 is 0 Å². The molecule has 1 atom stereocenters. The van der Waals surface area contributed by atoms with Crippen LogP contribution in [0.25, 0.3) is 5.65 Å². The fraction of sp³-hybridized carbons (Fsp3) is 0.353. The molecule has 1 aliphatic rings. The number of ether oxygens (including phenoxy) is 1. The van der Waals surface area contributed by atoms with Crippen LogP contribution in [0.4, 0.5) is 5.82 Å². The first-order valence-electron chi connectivity index (χ1n) is 7.81. The van der Waals surface area contributed by atoms with Crippen molar-refractivity contribution in [2.45, 2.75) is 19.3 Å². The number of aryl methyl sites for hydroxylation is 1. The lowest BCUT2D eigenvalue weighted by molar-refractivity contribution is 0.406. The minimum atomic E-state index is 0.461. The lowest BCUT2D eigenvalue weighted by atomic mass is 9.97. The third kappa shape index (κ3) is 2.40. The predicted molar refractivity (Wildman–Crippen MR) is 88.1 cm³/mol. The molecule has 0 aliphatic carbocycles. The van der Waals surface area contributed by atoms with Crippen molar-refractivity contribution >= 4 is 11.5 Å². The van der Waals surface area contributed by atoms with Crippen molar-refractivity contribution in [2.75, 3.05) is 25.1 Å². The van der Waals surface area contributed by atoms with Crippen molar-refractivity contribution in [3.05, 3.63) is 48.0 Å². The van der Waals surface area contributed by atoms with E-state index >= 15 is 0 Å². The van der Waals surface area contributed by atoms with Gasteiger partial charge in [-0.05, 0) is 25.0 Å². The smallest absolute Gasteiger partial charge is 0.165 e. The minimum Gasteiger partial charge on any atom is -0.496 e. The molecule has 0 N–H and O–H groups in total. The highest BCUT2D eigenvalue weighted by molar-refractivity contribution is 5.53. The molecule has 1 aliphatic heterocycles. The quantitative estimate of drug-likeness (QED) is 0.744. The molecule has 0 amide bonds. The zero-order valence-electron chi connectivity index (χ0n) is 13.3. The number of hydrogen-bond acceptors (Lipinski definition) is 5. The van der Waals surface area contributed by atoms with Gasteiger partial charge in [-0.1, -0.05) is 18.2 Å². The Morgan fingerprint density at radius 3 is 3.00 bits per heavy atom. The van der Waals surface area contributed by atoms with Crippen molar-refractivity contribution in [2.24, 2.45) is 0 Å².